The lowest BCUT2D eigenvalue weighted by molar-refractivity contribution is 0.220. The molecule has 2 N–H and O–H groups in total. The molecule has 2 aromatic rings. The van der Waals surface area contributed by atoms with Gasteiger partial charge in [0, 0.05) is 11.3 Å². The SMILES string of the molecule is COc1ccc(C)cc1C(C)(CO)Nc1ccccc1C. The van der Waals surface area contributed by atoms with Gasteiger partial charge in [-0.1, -0.05) is 29.8 Å². The first-order valence-corrected chi connectivity index (χ1v) is 7.10. The highest BCUT2D eigenvalue weighted by Crippen LogP contribution is 2.34. The van der Waals surface area contributed by atoms with Crippen molar-refractivity contribution in [2.45, 2.75) is 26.3 Å². The van der Waals surface area contributed by atoms with E-state index in [2.05, 4.69) is 11.4 Å². The molecule has 3 nitrogen and oxygen atoms in total. The van der Waals surface area contributed by atoms with E-state index < -0.39 is 5.54 Å². The fourth-order valence-corrected chi connectivity index (χ4v) is 2.46. The first kappa shape index (κ1) is 15.4. The van der Waals surface area contributed by atoms with Crippen LogP contribution in [0.25, 0.3) is 0 Å². The van der Waals surface area contributed by atoms with Crippen LogP contribution in [0.3, 0.4) is 0 Å². The summed E-state index contributed by atoms with van der Waals surface area (Å²) in [6.07, 6.45) is 0. The minimum atomic E-state index is -0.608. The minimum absolute atomic E-state index is 0.0266. The highest BCUT2D eigenvalue weighted by atomic mass is 16.5. The Hall–Kier alpha value is -2.00. The van der Waals surface area contributed by atoms with Crippen LogP contribution < -0.4 is 10.1 Å². The second-order valence-electron chi connectivity index (χ2n) is 5.63. The molecule has 112 valence electrons. The van der Waals surface area contributed by atoms with Crippen molar-refractivity contribution >= 4 is 5.69 Å². The molecule has 1 unspecified atom stereocenters. The van der Waals surface area contributed by atoms with E-state index in [-0.39, 0.29) is 6.61 Å². The van der Waals surface area contributed by atoms with Crippen molar-refractivity contribution in [3.63, 3.8) is 0 Å². The van der Waals surface area contributed by atoms with Crippen molar-refractivity contribution in [3.05, 3.63) is 59.2 Å². The quantitative estimate of drug-likeness (QED) is 0.881. The molecule has 0 aliphatic rings. The van der Waals surface area contributed by atoms with Crippen LogP contribution in [0.15, 0.2) is 42.5 Å². The van der Waals surface area contributed by atoms with Gasteiger partial charge in [-0.05, 0) is 44.5 Å². The molecule has 0 saturated heterocycles. The Morgan fingerprint density at radius 2 is 1.86 bits per heavy atom. The zero-order valence-corrected chi connectivity index (χ0v) is 13.1. The summed E-state index contributed by atoms with van der Waals surface area (Å²) in [6.45, 7) is 6.04. The van der Waals surface area contributed by atoms with Gasteiger partial charge < -0.3 is 15.2 Å². The van der Waals surface area contributed by atoms with E-state index in [9.17, 15) is 5.11 Å². The first-order valence-electron chi connectivity index (χ1n) is 7.10. The maximum atomic E-state index is 9.98. The van der Waals surface area contributed by atoms with Crippen LogP contribution in [-0.2, 0) is 5.54 Å². The summed E-state index contributed by atoms with van der Waals surface area (Å²) in [5.74, 6) is 0.776. The lowest BCUT2D eigenvalue weighted by Crippen LogP contribution is -2.36. The second-order valence-corrected chi connectivity index (χ2v) is 5.63. The van der Waals surface area contributed by atoms with Gasteiger partial charge in [-0.3, -0.25) is 0 Å². The fourth-order valence-electron chi connectivity index (χ4n) is 2.46. The van der Waals surface area contributed by atoms with Gasteiger partial charge in [0.1, 0.15) is 5.75 Å². The molecular weight excluding hydrogens is 262 g/mol. The molecule has 2 aromatic carbocycles. The molecule has 0 saturated carbocycles. The zero-order valence-electron chi connectivity index (χ0n) is 13.1. The molecule has 3 heteroatoms. The molecule has 2 rings (SSSR count). The number of aryl methyl sites for hydroxylation is 2. The van der Waals surface area contributed by atoms with Gasteiger partial charge in [0.05, 0.1) is 19.3 Å². The van der Waals surface area contributed by atoms with Crippen LogP contribution in [0.5, 0.6) is 5.75 Å². The lowest BCUT2D eigenvalue weighted by Gasteiger charge is -2.32. The Balaban J connectivity index is 2.46. The summed E-state index contributed by atoms with van der Waals surface area (Å²) in [5.41, 5.74) is 3.64. The zero-order chi connectivity index (χ0) is 15.5. The molecule has 0 heterocycles. The molecular formula is C18H23NO2. The summed E-state index contributed by atoms with van der Waals surface area (Å²) in [7, 11) is 1.65. The smallest absolute Gasteiger partial charge is 0.124 e. The number of aliphatic hydroxyl groups is 1. The number of aliphatic hydroxyl groups excluding tert-OH is 1. The number of ether oxygens (including phenoxy) is 1. The summed E-state index contributed by atoms with van der Waals surface area (Å²) in [5, 5.41) is 13.4. The number of hydrogen-bond donors (Lipinski definition) is 2. The van der Waals surface area contributed by atoms with Crippen LogP contribution in [0.4, 0.5) is 5.69 Å². The summed E-state index contributed by atoms with van der Waals surface area (Å²) < 4.78 is 5.47. The topological polar surface area (TPSA) is 41.5 Å². The fraction of sp³-hybridized carbons (Fsp3) is 0.333. The van der Waals surface area contributed by atoms with Crippen molar-refractivity contribution in [2.75, 3.05) is 19.0 Å². The number of nitrogens with one attached hydrogen (secondary N) is 1. The number of hydrogen-bond acceptors (Lipinski definition) is 3. The molecule has 0 fully saturated rings. The van der Waals surface area contributed by atoms with Crippen molar-refractivity contribution in [3.8, 4) is 5.75 Å². The third-order valence-corrected chi connectivity index (χ3v) is 3.82. The standard InChI is InChI=1S/C18H23NO2/c1-13-9-10-17(21-4)15(11-13)18(3,12-20)19-16-8-6-5-7-14(16)2/h5-11,19-20H,12H2,1-4H3. The summed E-state index contributed by atoms with van der Waals surface area (Å²) in [6, 6.07) is 14.1. The van der Waals surface area contributed by atoms with Crippen molar-refractivity contribution < 1.29 is 9.84 Å². The lowest BCUT2D eigenvalue weighted by atomic mass is 9.90. The summed E-state index contributed by atoms with van der Waals surface area (Å²) in [4.78, 5) is 0. The van der Waals surface area contributed by atoms with Gasteiger partial charge in [0.15, 0.2) is 0 Å². The third-order valence-electron chi connectivity index (χ3n) is 3.82. The Kier molecular flexibility index (Phi) is 4.53. The predicted molar refractivity (Wildman–Crippen MR) is 87.0 cm³/mol. The van der Waals surface area contributed by atoms with E-state index >= 15 is 0 Å². The second kappa shape index (κ2) is 6.19. The number of methoxy groups -OCH3 is 1. The monoisotopic (exact) mass is 285 g/mol. The third kappa shape index (κ3) is 3.19. The molecule has 0 radical (unpaired) electrons. The van der Waals surface area contributed by atoms with E-state index in [1.165, 1.54) is 0 Å². The Labute approximate surface area is 126 Å². The Morgan fingerprint density at radius 3 is 2.48 bits per heavy atom. The molecule has 0 spiro atoms. The van der Waals surface area contributed by atoms with Crippen LogP contribution in [0.2, 0.25) is 0 Å². The van der Waals surface area contributed by atoms with Crippen LogP contribution >= 0.6 is 0 Å². The first-order chi connectivity index (χ1) is 10.00. The van der Waals surface area contributed by atoms with E-state index in [0.29, 0.717) is 0 Å². The van der Waals surface area contributed by atoms with Crippen molar-refractivity contribution in [1.29, 1.82) is 0 Å². The molecule has 1 atom stereocenters. The maximum absolute atomic E-state index is 9.98. The number of rotatable bonds is 5. The number of benzene rings is 2. The van der Waals surface area contributed by atoms with Crippen LogP contribution in [-0.4, -0.2) is 18.8 Å². The highest BCUT2D eigenvalue weighted by Gasteiger charge is 2.29. The Bertz CT molecular complexity index is 624. The average molecular weight is 285 g/mol. The van der Waals surface area contributed by atoms with Gasteiger partial charge in [-0.2, -0.15) is 0 Å². The highest BCUT2D eigenvalue weighted by molar-refractivity contribution is 5.55. The van der Waals surface area contributed by atoms with Gasteiger partial charge in [0.25, 0.3) is 0 Å². The van der Waals surface area contributed by atoms with E-state index in [1.54, 1.807) is 7.11 Å². The maximum Gasteiger partial charge on any atom is 0.124 e. The van der Waals surface area contributed by atoms with E-state index in [1.807, 2.05) is 57.2 Å². The van der Waals surface area contributed by atoms with Gasteiger partial charge >= 0.3 is 0 Å². The van der Waals surface area contributed by atoms with E-state index in [4.69, 9.17) is 4.74 Å². The Morgan fingerprint density at radius 1 is 1.14 bits per heavy atom. The van der Waals surface area contributed by atoms with Gasteiger partial charge in [-0.25, -0.2) is 0 Å². The molecule has 0 aromatic heterocycles. The van der Waals surface area contributed by atoms with Gasteiger partial charge in [0.2, 0.25) is 0 Å². The molecule has 0 aliphatic carbocycles. The minimum Gasteiger partial charge on any atom is -0.496 e. The predicted octanol–water partition coefficient (Wildman–Crippen LogP) is 3.63. The molecule has 0 amide bonds. The largest absolute Gasteiger partial charge is 0.496 e. The normalized spacial score (nSPS) is 13.6. The molecule has 0 bridgehead atoms. The molecule has 21 heavy (non-hydrogen) atoms. The van der Waals surface area contributed by atoms with Crippen molar-refractivity contribution in [2.24, 2.45) is 0 Å². The van der Waals surface area contributed by atoms with Crippen LogP contribution in [0.1, 0.15) is 23.6 Å². The average Bonchev–Trinajstić information content (AvgIpc) is 2.49. The summed E-state index contributed by atoms with van der Waals surface area (Å²) >= 11 is 0. The van der Waals surface area contributed by atoms with Gasteiger partial charge in [-0.15, -0.1) is 0 Å². The van der Waals surface area contributed by atoms with Crippen molar-refractivity contribution in [1.82, 2.24) is 0 Å². The van der Waals surface area contributed by atoms with Crippen LogP contribution in [0, 0.1) is 13.8 Å². The number of para-hydroxylation sites is 1. The number of anilines is 1. The molecule has 0 aliphatic heterocycles. The van der Waals surface area contributed by atoms with E-state index in [0.717, 1.165) is 28.1 Å².